The molecule has 2 aromatic carbocycles. The van der Waals surface area contributed by atoms with Gasteiger partial charge in [-0.25, -0.2) is 0 Å². The molecule has 2 N–H and O–H groups in total. The van der Waals surface area contributed by atoms with E-state index in [1.165, 1.54) is 0 Å². The quantitative estimate of drug-likeness (QED) is 0.854. The van der Waals surface area contributed by atoms with Crippen LogP contribution in [-0.2, 0) is 9.47 Å². The maximum atomic E-state index is 9.57. The first-order valence-electron chi connectivity index (χ1n) is 8.59. The first-order valence-corrected chi connectivity index (χ1v) is 8.59. The topological polar surface area (TPSA) is 77.4 Å². The molecular weight excluding hydrogens is 336 g/mol. The van der Waals surface area contributed by atoms with Gasteiger partial charge in [-0.05, 0) is 23.3 Å². The zero-order valence-electron chi connectivity index (χ0n) is 14.7. The third-order valence-corrected chi connectivity index (χ3v) is 5.15. The average Bonchev–Trinajstić information content (AvgIpc) is 3.23. The molecule has 0 spiro atoms. The molecule has 138 valence electrons. The van der Waals surface area contributed by atoms with Crippen LogP contribution in [0.25, 0.3) is 11.1 Å². The Hall–Kier alpha value is -2.12. The number of hydrogen-bond donors (Lipinski definition) is 2. The normalized spacial score (nSPS) is 26.2. The molecule has 6 heteroatoms. The Morgan fingerprint density at radius 3 is 2.08 bits per heavy atom. The minimum Gasteiger partial charge on any atom is -0.487 e. The zero-order chi connectivity index (χ0) is 18.3. The largest absolute Gasteiger partial charge is 0.487 e. The van der Waals surface area contributed by atoms with E-state index in [4.69, 9.17) is 18.9 Å². The first kappa shape index (κ1) is 17.3. The molecule has 0 bridgehead atoms. The Kier molecular flexibility index (Phi) is 4.58. The number of hydrogen-bond acceptors (Lipinski definition) is 6. The summed E-state index contributed by atoms with van der Waals surface area (Å²) in [6.07, 6.45) is -1.11. The fourth-order valence-electron chi connectivity index (χ4n) is 3.74. The lowest BCUT2D eigenvalue weighted by Gasteiger charge is -2.15. The summed E-state index contributed by atoms with van der Waals surface area (Å²) in [6.45, 7) is -0.181. The molecule has 0 saturated heterocycles. The van der Waals surface area contributed by atoms with Crippen molar-refractivity contribution in [1.82, 2.24) is 0 Å². The third-order valence-electron chi connectivity index (χ3n) is 5.15. The fourth-order valence-corrected chi connectivity index (χ4v) is 3.74. The maximum Gasteiger partial charge on any atom is 0.230 e. The number of fused-ring (bicyclic) bond motifs is 2. The number of methoxy groups -OCH3 is 2. The number of benzene rings is 2. The van der Waals surface area contributed by atoms with E-state index < -0.39 is 12.4 Å². The standard InChI is InChI=1S/C20H22O6/c1-23-19-14-6-4-12(8-17(14)26-20(19)24-2)11-3-5-13-15(9-21)18(10-22)25-16(13)7-11/h3-8,15,18-22H,9-10H2,1-2H3/t15-,18+,19-,20-/m1/s1. The van der Waals surface area contributed by atoms with Gasteiger partial charge in [0.1, 0.15) is 23.7 Å². The van der Waals surface area contributed by atoms with Gasteiger partial charge in [0.05, 0.1) is 19.1 Å². The molecule has 4 rings (SSSR count). The molecule has 4 atom stereocenters. The molecule has 0 fully saturated rings. The highest BCUT2D eigenvalue weighted by Gasteiger charge is 2.36. The number of aliphatic hydroxyl groups excluding tert-OH is 2. The molecule has 0 aliphatic carbocycles. The van der Waals surface area contributed by atoms with Gasteiger partial charge in [-0.3, -0.25) is 0 Å². The summed E-state index contributed by atoms with van der Waals surface area (Å²) in [4.78, 5) is 0. The lowest BCUT2D eigenvalue weighted by Crippen LogP contribution is -2.25. The molecule has 2 aliphatic heterocycles. The third kappa shape index (κ3) is 2.66. The molecule has 2 heterocycles. The van der Waals surface area contributed by atoms with Crippen LogP contribution in [0.1, 0.15) is 23.1 Å². The van der Waals surface area contributed by atoms with Gasteiger partial charge in [0, 0.05) is 25.3 Å². The summed E-state index contributed by atoms with van der Waals surface area (Å²) in [7, 11) is 3.23. The minimum absolute atomic E-state index is 0.0545. The van der Waals surface area contributed by atoms with E-state index in [-0.39, 0.29) is 25.2 Å². The predicted molar refractivity (Wildman–Crippen MR) is 94.4 cm³/mol. The van der Waals surface area contributed by atoms with Crippen LogP contribution in [-0.4, -0.2) is 50.0 Å². The summed E-state index contributed by atoms with van der Waals surface area (Å²) in [5.74, 6) is 1.24. The molecule has 0 amide bonds. The summed E-state index contributed by atoms with van der Waals surface area (Å²) in [6, 6.07) is 11.8. The van der Waals surface area contributed by atoms with Crippen LogP contribution in [0.3, 0.4) is 0 Å². The van der Waals surface area contributed by atoms with Gasteiger partial charge in [-0.1, -0.05) is 24.3 Å². The molecule has 26 heavy (non-hydrogen) atoms. The Balaban J connectivity index is 1.67. The van der Waals surface area contributed by atoms with Gasteiger partial charge in [0.25, 0.3) is 0 Å². The zero-order valence-corrected chi connectivity index (χ0v) is 14.7. The van der Waals surface area contributed by atoms with Crippen LogP contribution < -0.4 is 9.47 Å². The molecule has 0 aromatic heterocycles. The van der Waals surface area contributed by atoms with Crippen LogP contribution >= 0.6 is 0 Å². The van der Waals surface area contributed by atoms with Gasteiger partial charge in [-0.2, -0.15) is 0 Å². The number of ether oxygens (including phenoxy) is 4. The van der Waals surface area contributed by atoms with Crippen molar-refractivity contribution in [2.45, 2.75) is 24.4 Å². The van der Waals surface area contributed by atoms with Gasteiger partial charge in [-0.15, -0.1) is 0 Å². The second-order valence-electron chi connectivity index (χ2n) is 6.51. The van der Waals surface area contributed by atoms with Crippen molar-refractivity contribution in [2.75, 3.05) is 27.4 Å². The smallest absolute Gasteiger partial charge is 0.230 e. The monoisotopic (exact) mass is 358 g/mol. The van der Waals surface area contributed by atoms with Crippen molar-refractivity contribution < 1.29 is 29.2 Å². The van der Waals surface area contributed by atoms with Crippen molar-refractivity contribution >= 4 is 0 Å². The van der Waals surface area contributed by atoms with E-state index in [2.05, 4.69) is 0 Å². The predicted octanol–water partition coefficient (Wildman–Crippen LogP) is 2.24. The van der Waals surface area contributed by atoms with E-state index >= 15 is 0 Å². The molecule has 0 unspecified atom stereocenters. The number of aliphatic hydroxyl groups is 2. The van der Waals surface area contributed by atoms with Crippen LogP contribution in [0.2, 0.25) is 0 Å². The van der Waals surface area contributed by atoms with Gasteiger partial charge < -0.3 is 29.2 Å². The Bertz CT molecular complexity index is 737. The lowest BCUT2D eigenvalue weighted by molar-refractivity contribution is -0.121. The Morgan fingerprint density at radius 1 is 0.846 bits per heavy atom. The van der Waals surface area contributed by atoms with E-state index in [9.17, 15) is 10.2 Å². The van der Waals surface area contributed by atoms with Crippen molar-refractivity contribution in [3.8, 4) is 22.6 Å². The van der Waals surface area contributed by atoms with Crippen molar-refractivity contribution in [1.29, 1.82) is 0 Å². The summed E-state index contributed by atoms with van der Waals surface area (Å²) < 4.78 is 22.5. The van der Waals surface area contributed by atoms with Crippen LogP contribution in [0.5, 0.6) is 11.5 Å². The minimum atomic E-state index is -0.454. The van der Waals surface area contributed by atoms with Crippen LogP contribution in [0.15, 0.2) is 36.4 Å². The second kappa shape index (κ2) is 6.89. The van der Waals surface area contributed by atoms with E-state index in [0.29, 0.717) is 5.75 Å². The average molecular weight is 358 g/mol. The van der Waals surface area contributed by atoms with Gasteiger partial charge >= 0.3 is 0 Å². The number of rotatable bonds is 5. The Morgan fingerprint density at radius 2 is 1.50 bits per heavy atom. The molecule has 6 nitrogen and oxygen atoms in total. The van der Waals surface area contributed by atoms with Crippen molar-refractivity contribution in [2.24, 2.45) is 0 Å². The molecule has 2 aliphatic rings. The fraction of sp³-hybridized carbons (Fsp3) is 0.400. The van der Waals surface area contributed by atoms with Crippen LogP contribution in [0, 0.1) is 0 Å². The highest BCUT2D eigenvalue weighted by molar-refractivity contribution is 5.69. The molecular formula is C20H22O6. The highest BCUT2D eigenvalue weighted by Crippen LogP contribution is 2.43. The van der Waals surface area contributed by atoms with Crippen LogP contribution in [0.4, 0.5) is 0 Å². The molecule has 2 aromatic rings. The molecule has 0 radical (unpaired) electrons. The molecule has 0 saturated carbocycles. The van der Waals surface area contributed by atoms with Gasteiger partial charge in [0.2, 0.25) is 6.29 Å². The van der Waals surface area contributed by atoms with E-state index in [0.717, 1.165) is 28.0 Å². The summed E-state index contributed by atoms with van der Waals surface area (Å²) >= 11 is 0. The summed E-state index contributed by atoms with van der Waals surface area (Å²) in [5, 5.41) is 19.0. The SMILES string of the molecule is CO[C@@H]1Oc2cc(-c3ccc4c(c3)O[C@@H](CO)[C@@H]4CO)ccc2[C@H]1OC. The lowest BCUT2D eigenvalue weighted by atomic mass is 9.94. The highest BCUT2D eigenvalue weighted by atomic mass is 16.7. The second-order valence-corrected chi connectivity index (χ2v) is 6.51. The van der Waals surface area contributed by atoms with Crippen molar-refractivity contribution in [3.63, 3.8) is 0 Å². The van der Waals surface area contributed by atoms with Crippen molar-refractivity contribution in [3.05, 3.63) is 47.5 Å². The van der Waals surface area contributed by atoms with E-state index in [1.54, 1.807) is 14.2 Å². The van der Waals surface area contributed by atoms with Gasteiger partial charge in [0.15, 0.2) is 0 Å². The van der Waals surface area contributed by atoms with E-state index in [1.807, 2.05) is 36.4 Å². The first-order chi connectivity index (χ1) is 12.7. The Labute approximate surface area is 151 Å². The maximum absolute atomic E-state index is 9.57. The summed E-state index contributed by atoms with van der Waals surface area (Å²) in [5.41, 5.74) is 3.84.